The summed E-state index contributed by atoms with van der Waals surface area (Å²) < 4.78 is 0. The van der Waals surface area contributed by atoms with E-state index in [2.05, 4.69) is 16.9 Å². The number of hydrogen-bond acceptors (Lipinski definition) is 4. The maximum atomic E-state index is 12.0. The van der Waals surface area contributed by atoms with Gasteiger partial charge in [0.15, 0.2) is 0 Å². The lowest BCUT2D eigenvalue weighted by molar-refractivity contribution is -0.127. The maximum absolute atomic E-state index is 12.0. The van der Waals surface area contributed by atoms with Crippen molar-refractivity contribution in [1.82, 2.24) is 14.9 Å². The molecule has 0 aliphatic rings. The Labute approximate surface area is 126 Å². The van der Waals surface area contributed by atoms with Crippen molar-refractivity contribution in [1.29, 1.82) is 0 Å². The van der Waals surface area contributed by atoms with Gasteiger partial charge < -0.3 is 9.80 Å². The quantitative estimate of drug-likeness (QED) is 0.757. The van der Waals surface area contributed by atoms with Crippen LogP contribution in [0, 0.1) is 0 Å². The molecule has 5 nitrogen and oxygen atoms in total. The summed E-state index contributed by atoms with van der Waals surface area (Å²) >= 11 is 6.19. The van der Waals surface area contributed by atoms with Crippen molar-refractivity contribution in [2.75, 3.05) is 32.1 Å². The number of likely N-dealkylation sites (N-methyl/N-ethyl adjacent to an activating group) is 1. The van der Waals surface area contributed by atoms with Crippen LogP contribution in [0.4, 0.5) is 5.82 Å². The number of hydrogen-bond donors (Lipinski definition) is 0. The van der Waals surface area contributed by atoms with Crippen LogP contribution < -0.4 is 4.90 Å². The van der Waals surface area contributed by atoms with Crippen LogP contribution in [0.25, 0.3) is 0 Å². The van der Waals surface area contributed by atoms with E-state index in [9.17, 15) is 4.79 Å². The van der Waals surface area contributed by atoms with Crippen LogP contribution in [0.15, 0.2) is 6.33 Å². The zero-order valence-electron chi connectivity index (χ0n) is 12.9. The van der Waals surface area contributed by atoms with Crippen LogP contribution in [0.1, 0.15) is 38.7 Å². The molecular formula is C14H23ClN4O. The van der Waals surface area contributed by atoms with Gasteiger partial charge in [0.25, 0.3) is 0 Å². The summed E-state index contributed by atoms with van der Waals surface area (Å²) in [6, 6.07) is 0. The van der Waals surface area contributed by atoms with Crippen LogP contribution in [0.5, 0.6) is 0 Å². The van der Waals surface area contributed by atoms with Gasteiger partial charge in [0.2, 0.25) is 5.91 Å². The number of amides is 1. The van der Waals surface area contributed by atoms with Crippen molar-refractivity contribution in [3.8, 4) is 0 Å². The van der Waals surface area contributed by atoms with E-state index in [1.165, 1.54) is 6.33 Å². The van der Waals surface area contributed by atoms with Crippen LogP contribution >= 0.6 is 11.6 Å². The number of nitrogens with zero attached hydrogens (tertiary/aromatic N) is 4. The second kappa shape index (κ2) is 7.43. The van der Waals surface area contributed by atoms with E-state index >= 15 is 0 Å². The molecule has 0 spiro atoms. The summed E-state index contributed by atoms with van der Waals surface area (Å²) in [4.78, 5) is 23.9. The molecule has 0 atom stereocenters. The molecule has 1 amide bonds. The van der Waals surface area contributed by atoms with E-state index < -0.39 is 0 Å². The molecule has 0 saturated carbocycles. The van der Waals surface area contributed by atoms with E-state index in [4.69, 9.17) is 11.6 Å². The van der Waals surface area contributed by atoms with Crippen molar-refractivity contribution >= 4 is 23.3 Å². The Balaban J connectivity index is 3.14. The van der Waals surface area contributed by atoms with Gasteiger partial charge in [-0.15, -0.1) is 0 Å². The monoisotopic (exact) mass is 298 g/mol. The summed E-state index contributed by atoms with van der Waals surface area (Å²) in [5.41, 5.74) is 0.897. The molecule has 6 heteroatoms. The Morgan fingerprint density at radius 2 is 2.00 bits per heavy atom. The van der Waals surface area contributed by atoms with Crippen molar-refractivity contribution in [3.63, 3.8) is 0 Å². The van der Waals surface area contributed by atoms with E-state index in [-0.39, 0.29) is 11.8 Å². The van der Waals surface area contributed by atoms with E-state index in [1.807, 2.05) is 18.7 Å². The third-order valence-corrected chi connectivity index (χ3v) is 3.31. The third-order valence-electron chi connectivity index (χ3n) is 3.01. The third kappa shape index (κ3) is 4.07. The highest BCUT2D eigenvalue weighted by Gasteiger charge is 2.21. The molecule has 20 heavy (non-hydrogen) atoms. The number of aromatic nitrogens is 2. The molecule has 0 bridgehead atoms. The number of carbonyl (C=O) groups excluding carboxylic acids is 1. The van der Waals surface area contributed by atoms with Crippen molar-refractivity contribution in [2.45, 2.75) is 33.1 Å². The van der Waals surface area contributed by atoms with Gasteiger partial charge in [-0.2, -0.15) is 0 Å². The summed E-state index contributed by atoms with van der Waals surface area (Å²) in [7, 11) is 3.51. The van der Waals surface area contributed by atoms with Gasteiger partial charge in [-0.1, -0.05) is 32.4 Å². The molecule has 0 saturated heterocycles. The minimum atomic E-state index is 0.0443. The molecule has 0 N–H and O–H groups in total. The van der Waals surface area contributed by atoms with Gasteiger partial charge in [-0.3, -0.25) is 4.79 Å². The largest absolute Gasteiger partial charge is 0.347 e. The Kier molecular flexibility index (Phi) is 6.20. The highest BCUT2D eigenvalue weighted by atomic mass is 35.5. The summed E-state index contributed by atoms with van der Waals surface area (Å²) in [6.45, 7) is 7.23. The van der Waals surface area contributed by atoms with Gasteiger partial charge in [0.1, 0.15) is 17.3 Å². The summed E-state index contributed by atoms with van der Waals surface area (Å²) in [5, 5.41) is 0.461. The lowest BCUT2D eigenvalue weighted by Crippen LogP contribution is -2.38. The average molecular weight is 299 g/mol. The molecule has 112 valence electrons. The lowest BCUT2D eigenvalue weighted by atomic mass is 10.1. The SMILES string of the molecule is CCCN(CC(=O)N(C)C)c1ncnc(Cl)c1C(C)C. The zero-order valence-corrected chi connectivity index (χ0v) is 13.6. The smallest absolute Gasteiger partial charge is 0.241 e. The first-order chi connectivity index (χ1) is 9.38. The minimum Gasteiger partial charge on any atom is -0.347 e. The van der Waals surface area contributed by atoms with E-state index in [0.29, 0.717) is 11.7 Å². The van der Waals surface area contributed by atoms with Crippen molar-refractivity contribution < 1.29 is 4.79 Å². The molecule has 0 radical (unpaired) electrons. The first kappa shape index (κ1) is 16.7. The first-order valence-electron chi connectivity index (χ1n) is 6.83. The molecule has 0 aliphatic heterocycles. The van der Waals surface area contributed by atoms with Gasteiger partial charge in [-0.05, 0) is 12.3 Å². The fraction of sp³-hybridized carbons (Fsp3) is 0.643. The van der Waals surface area contributed by atoms with Gasteiger partial charge in [0, 0.05) is 26.2 Å². The van der Waals surface area contributed by atoms with Crippen LogP contribution in [0.2, 0.25) is 5.15 Å². The van der Waals surface area contributed by atoms with Crippen LogP contribution in [0.3, 0.4) is 0 Å². The highest BCUT2D eigenvalue weighted by Crippen LogP contribution is 2.30. The van der Waals surface area contributed by atoms with Crippen LogP contribution in [-0.4, -0.2) is 48.0 Å². The number of anilines is 1. The molecular weight excluding hydrogens is 276 g/mol. The second-order valence-electron chi connectivity index (χ2n) is 5.27. The normalized spacial score (nSPS) is 10.8. The lowest BCUT2D eigenvalue weighted by Gasteiger charge is -2.27. The highest BCUT2D eigenvalue weighted by molar-refractivity contribution is 6.30. The Morgan fingerprint density at radius 3 is 2.50 bits per heavy atom. The van der Waals surface area contributed by atoms with Gasteiger partial charge in [0.05, 0.1) is 6.54 Å². The second-order valence-corrected chi connectivity index (χ2v) is 5.62. The zero-order chi connectivity index (χ0) is 15.3. The summed E-state index contributed by atoms with van der Waals surface area (Å²) in [6.07, 6.45) is 2.38. The van der Waals surface area contributed by atoms with E-state index in [1.54, 1.807) is 19.0 Å². The molecule has 1 aromatic heterocycles. The van der Waals surface area contributed by atoms with Crippen molar-refractivity contribution in [3.05, 3.63) is 17.0 Å². The molecule has 0 aromatic carbocycles. The molecule has 0 aliphatic carbocycles. The van der Waals surface area contributed by atoms with E-state index in [0.717, 1.165) is 24.3 Å². The Morgan fingerprint density at radius 1 is 1.35 bits per heavy atom. The van der Waals surface area contributed by atoms with Gasteiger partial charge in [-0.25, -0.2) is 9.97 Å². The topological polar surface area (TPSA) is 49.3 Å². The standard InChI is InChI=1S/C14H23ClN4O/c1-6-7-19(8-11(20)18(4)5)14-12(10(2)3)13(15)16-9-17-14/h9-10H,6-8H2,1-5H3. The fourth-order valence-electron chi connectivity index (χ4n) is 1.95. The minimum absolute atomic E-state index is 0.0443. The molecule has 0 unspecified atom stereocenters. The van der Waals surface area contributed by atoms with Gasteiger partial charge >= 0.3 is 0 Å². The summed E-state index contributed by atoms with van der Waals surface area (Å²) in [5.74, 6) is 1.01. The fourth-order valence-corrected chi connectivity index (χ4v) is 2.29. The average Bonchev–Trinajstić information content (AvgIpc) is 2.37. The maximum Gasteiger partial charge on any atom is 0.241 e. The number of rotatable bonds is 6. The number of carbonyl (C=O) groups is 1. The van der Waals surface area contributed by atoms with Crippen molar-refractivity contribution in [2.24, 2.45) is 0 Å². The molecule has 1 aromatic rings. The molecule has 1 rings (SSSR count). The molecule has 1 heterocycles. The Bertz CT molecular complexity index is 462. The predicted molar refractivity (Wildman–Crippen MR) is 82.3 cm³/mol. The predicted octanol–water partition coefficient (Wildman–Crippen LogP) is 2.56. The molecule has 0 fully saturated rings. The number of halogens is 1. The Hall–Kier alpha value is -1.36. The van der Waals surface area contributed by atoms with Crippen LogP contribution in [-0.2, 0) is 4.79 Å². The first-order valence-corrected chi connectivity index (χ1v) is 7.21.